The van der Waals surface area contributed by atoms with Crippen molar-refractivity contribution in [2.24, 2.45) is 0 Å². The molecule has 0 rings (SSSR count). The van der Waals surface area contributed by atoms with Crippen LogP contribution in [0, 0.1) is 0 Å². The van der Waals surface area contributed by atoms with E-state index in [0.717, 1.165) is 5.32 Å². The van der Waals surface area contributed by atoms with E-state index in [9.17, 15) is 31.1 Å². The highest BCUT2D eigenvalue weighted by molar-refractivity contribution is 5.76. The first-order valence-electron chi connectivity index (χ1n) is 3.00. The Morgan fingerprint density at radius 1 is 1.00 bits per heavy atom. The summed E-state index contributed by atoms with van der Waals surface area (Å²) < 4.78 is 68.2. The zero-order valence-electron chi connectivity index (χ0n) is 6.09. The van der Waals surface area contributed by atoms with Crippen molar-refractivity contribution >= 4 is 5.91 Å². The third-order valence-corrected chi connectivity index (χ3v) is 0.847. The summed E-state index contributed by atoms with van der Waals surface area (Å²) >= 11 is 0. The fourth-order valence-electron chi connectivity index (χ4n) is 0.443. The number of rotatable bonds is 2. The van der Waals surface area contributed by atoms with Crippen LogP contribution in [0.5, 0.6) is 0 Å². The molecule has 0 saturated heterocycles. The fraction of sp³-hybridized carbons (Fsp3) is 0.800. The number of amides is 1. The SMILES string of the molecule is O=C(CC(F)(F)F)NCC(F)(F)F. The summed E-state index contributed by atoms with van der Waals surface area (Å²) in [7, 11) is 0. The van der Waals surface area contributed by atoms with Crippen LogP contribution in [-0.4, -0.2) is 24.8 Å². The smallest absolute Gasteiger partial charge is 0.347 e. The first-order valence-corrected chi connectivity index (χ1v) is 3.00. The molecule has 0 fully saturated rings. The summed E-state index contributed by atoms with van der Waals surface area (Å²) in [5, 5.41) is 1.10. The van der Waals surface area contributed by atoms with Crippen molar-refractivity contribution in [2.75, 3.05) is 6.54 Å². The highest BCUT2D eigenvalue weighted by atomic mass is 19.4. The van der Waals surface area contributed by atoms with Crippen molar-refractivity contribution < 1.29 is 31.1 Å². The predicted molar refractivity (Wildman–Crippen MR) is 29.7 cm³/mol. The summed E-state index contributed by atoms with van der Waals surface area (Å²) in [6.07, 6.45) is -11.4. The molecule has 13 heavy (non-hydrogen) atoms. The highest BCUT2D eigenvalue weighted by Crippen LogP contribution is 2.19. The highest BCUT2D eigenvalue weighted by Gasteiger charge is 2.33. The molecule has 78 valence electrons. The second kappa shape index (κ2) is 3.84. The van der Waals surface area contributed by atoms with Gasteiger partial charge in [0.05, 0.1) is 0 Å². The normalized spacial score (nSPS) is 12.8. The number of hydrogen-bond acceptors (Lipinski definition) is 1. The van der Waals surface area contributed by atoms with Crippen LogP contribution in [0.1, 0.15) is 6.42 Å². The van der Waals surface area contributed by atoms with Crippen LogP contribution < -0.4 is 5.32 Å². The molecule has 2 nitrogen and oxygen atoms in total. The first kappa shape index (κ1) is 12.0. The first-order chi connectivity index (χ1) is 5.60. The molecular formula is C5H5F6NO. The molecule has 0 heterocycles. The van der Waals surface area contributed by atoms with Crippen LogP contribution in [-0.2, 0) is 4.79 Å². The van der Waals surface area contributed by atoms with E-state index in [4.69, 9.17) is 0 Å². The van der Waals surface area contributed by atoms with Crippen LogP contribution in [0.15, 0.2) is 0 Å². The maximum atomic E-state index is 11.4. The lowest BCUT2D eigenvalue weighted by molar-refractivity contribution is -0.159. The summed E-state index contributed by atoms with van der Waals surface area (Å²) in [6.45, 7) is -1.75. The van der Waals surface area contributed by atoms with Gasteiger partial charge in [0.2, 0.25) is 5.91 Å². The molecule has 0 atom stereocenters. The Kier molecular flexibility index (Phi) is 3.56. The second-order valence-corrected chi connectivity index (χ2v) is 2.18. The van der Waals surface area contributed by atoms with E-state index in [1.165, 1.54) is 0 Å². The summed E-state index contributed by atoms with van der Waals surface area (Å²) in [5.41, 5.74) is 0. The molecule has 0 aromatic heterocycles. The monoisotopic (exact) mass is 209 g/mol. The largest absolute Gasteiger partial charge is 0.405 e. The topological polar surface area (TPSA) is 29.1 Å². The van der Waals surface area contributed by atoms with Crippen LogP contribution >= 0.6 is 0 Å². The molecule has 0 spiro atoms. The molecule has 1 amide bonds. The van der Waals surface area contributed by atoms with Crippen LogP contribution in [0.3, 0.4) is 0 Å². The van der Waals surface area contributed by atoms with Gasteiger partial charge in [-0.05, 0) is 0 Å². The maximum absolute atomic E-state index is 11.4. The van der Waals surface area contributed by atoms with Gasteiger partial charge in [0.25, 0.3) is 0 Å². The molecule has 0 aliphatic heterocycles. The maximum Gasteiger partial charge on any atom is 0.405 e. The Morgan fingerprint density at radius 2 is 1.46 bits per heavy atom. The van der Waals surface area contributed by atoms with Gasteiger partial charge in [-0.15, -0.1) is 0 Å². The van der Waals surface area contributed by atoms with E-state index < -0.39 is 31.2 Å². The van der Waals surface area contributed by atoms with Crippen molar-refractivity contribution in [3.63, 3.8) is 0 Å². The average Bonchev–Trinajstić information content (AvgIpc) is 1.78. The van der Waals surface area contributed by atoms with Gasteiger partial charge in [0.1, 0.15) is 13.0 Å². The van der Waals surface area contributed by atoms with E-state index in [1.807, 2.05) is 0 Å². The summed E-state index contributed by atoms with van der Waals surface area (Å²) in [5.74, 6) is -1.69. The number of carbonyl (C=O) groups is 1. The van der Waals surface area contributed by atoms with E-state index in [2.05, 4.69) is 0 Å². The quantitative estimate of drug-likeness (QED) is 0.688. The standard InChI is InChI=1S/C5H5F6NO/c6-4(7,8)1-3(13)12-2-5(9,10)11/h1-2H2,(H,12,13). The predicted octanol–water partition coefficient (Wildman–Crippen LogP) is 1.62. The lowest BCUT2D eigenvalue weighted by Crippen LogP contribution is -2.35. The van der Waals surface area contributed by atoms with Gasteiger partial charge < -0.3 is 5.32 Å². The Labute approximate surface area is 68.9 Å². The Morgan fingerprint density at radius 3 is 1.77 bits per heavy atom. The van der Waals surface area contributed by atoms with Gasteiger partial charge in [-0.2, -0.15) is 26.3 Å². The molecule has 8 heteroatoms. The lowest BCUT2D eigenvalue weighted by Gasteiger charge is -2.09. The van der Waals surface area contributed by atoms with E-state index in [-0.39, 0.29) is 0 Å². The molecule has 0 aliphatic rings. The van der Waals surface area contributed by atoms with E-state index >= 15 is 0 Å². The molecule has 0 radical (unpaired) electrons. The third kappa shape index (κ3) is 8.96. The number of halogens is 6. The number of nitrogens with one attached hydrogen (secondary N) is 1. The minimum atomic E-state index is -4.78. The summed E-state index contributed by atoms with van der Waals surface area (Å²) in [4.78, 5) is 10.2. The van der Waals surface area contributed by atoms with Gasteiger partial charge in [0, 0.05) is 0 Å². The van der Waals surface area contributed by atoms with Gasteiger partial charge >= 0.3 is 12.4 Å². The Bertz CT molecular complexity index is 182. The Hall–Kier alpha value is -0.950. The third-order valence-electron chi connectivity index (χ3n) is 0.847. The molecule has 0 saturated carbocycles. The second-order valence-electron chi connectivity index (χ2n) is 2.18. The molecule has 0 bridgehead atoms. The lowest BCUT2D eigenvalue weighted by atomic mass is 10.4. The molecule has 0 aliphatic carbocycles. The molecule has 0 aromatic carbocycles. The van der Waals surface area contributed by atoms with E-state index in [0.29, 0.717) is 0 Å². The number of carbonyl (C=O) groups excluding carboxylic acids is 1. The van der Waals surface area contributed by atoms with Gasteiger partial charge in [0.15, 0.2) is 0 Å². The average molecular weight is 209 g/mol. The summed E-state index contributed by atoms with van der Waals surface area (Å²) in [6, 6.07) is 0. The van der Waals surface area contributed by atoms with Gasteiger partial charge in [-0.1, -0.05) is 0 Å². The van der Waals surface area contributed by atoms with Crippen molar-refractivity contribution in [3.05, 3.63) is 0 Å². The van der Waals surface area contributed by atoms with Crippen molar-refractivity contribution in [3.8, 4) is 0 Å². The minimum Gasteiger partial charge on any atom is -0.347 e. The molecule has 0 unspecified atom stereocenters. The molecule has 0 aromatic rings. The van der Waals surface area contributed by atoms with Crippen molar-refractivity contribution in [1.82, 2.24) is 5.32 Å². The zero-order valence-corrected chi connectivity index (χ0v) is 6.09. The van der Waals surface area contributed by atoms with Crippen LogP contribution in [0.2, 0.25) is 0 Å². The van der Waals surface area contributed by atoms with Gasteiger partial charge in [-0.3, -0.25) is 4.79 Å². The fourth-order valence-corrected chi connectivity index (χ4v) is 0.443. The minimum absolute atomic E-state index is 1.10. The number of hydrogen-bond donors (Lipinski definition) is 1. The van der Waals surface area contributed by atoms with Crippen molar-refractivity contribution in [1.29, 1.82) is 0 Å². The van der Waals surface area contributed by atoms with Crippen LogP contribution in [0.4, 0.5) is 26.3 Å². The molecular weight excluding hydrogens is 204 g/mol. The van der Waals surface area contributed by atoms with Crippen molar-refractivity contribution in [2.45, 2.75) is 18.8 Å². The molecule has 1 N–H and O–H groups in total. The van der Waals surface area contributed by atoms with Gasteiger partial charge in [-0.25, -0.2) is 0 Å². The van der Waals surface area contributed by atoms with Crippen LogP contribution in [0.25, 0.3) is 0 Å². The zero-order chi connectivity index (χ0) is 10.7. The number of alkyl halides is 6. The Balaban J connectivity index is 3.78. The van der Waals surface area contributed by atoms with E-state index in [1.54, 1.807) is 0 Å².